The molecule has 0 spiro atoms. The molecule has 0 aromatic carbocycles. The van der Waals surface area contributed by atoms with E-state index < -0.39 is 0 Å². The maximum absolute atomic E-state index is 8.53. The van der Waals surface area contributed by atoms with E-state index in [1.165, 1.54) is 4.88 Å². The molecule has 0 radical (unpaired) electrons. The molecule has 1 aromatic heterocycles. The summed E-state index contributed by atoms with van der Waals surface area (Å²) in [5.41, 5.74) is 5.75. The van der Waals surface area contributed by atoms with Crippen LogP contribution in [0.2, 0.25) is 0 Å². The Hall–Kier alpha value is -0.410. The lowest BCUT2D eigenvalue weighted by Gasteiger charge is -2.24. The Morgan fingerprint density at radius 2 is 2.47 bits per heavy atom. The average Bonchev–Trinajstić information content (AvgIpc) is 2.63. The van der Waals surface area contributed by atoms with E-state index in [-0.39, 0.29) is 6.04 Å². The van der Waals surface area contributed by atoms with Gasteiger partial charge in [-0.3, -0.25) is 4.90 Å². The quantitative estimate of drug-likeness (QED) is 0.905. The predicted octanol–water partition coefficient (Wildman–Crippen LogP) is 2.36. The van der Waals surface area contributed by atoms with E-state index in [0.29, 0.717) is 13.0 Å². The molecule has 15 heavy (non-hydrogen) atoms. The maximum Gasteiger partial charge on any atom is 0.0635 e. The highest BCUT2D eigenvalue weighted by Crippen LogP contribution is 2.28. The molecule has 1 atom stereocenters. The molecule has 82 valence electrons. The van der Waals surface area contributed by atoms with Crippen LogP contribution in [0.5, 0.6) is 0 Å². The number of rotatable bonds is 5. The fourth-order valence-corrected chi connectivity index (χ4v) is 3.02. The topological polar surface area (TPSA) is 53.0 Å². The third-order valence-electron chi connectivity index (χ3n) is 2.25. The average molecular weight is 288 g/mol. The molecule has 0 aliphatic heterocycles. The molecule has 2 N–H and O–H groups in total. The predicted molar refractivity (Wildman–Crippen MR) is 66.7 cm³/mol. The van der Waals surface area contributed by atoms with Crippen molar-refractivity contribution in [3.05, 3.63) is 20.8 Å². The van der Waals surface area contributed by atoms with Gasteiger partial charge in [-0.1, -0.05) is 0 Å². The molecular weight excluding hydrogens is 274 g/mol. The summed E-state index contributed by atoms with van der Waals surface area (Å²) in [5.74, 6) is 0. The lowest BCUT2D eigenvalue weighted by Crippen LogP contribution is -2.30. The highest BCUT2D eigenvalue weighted by Gasteiger charge is 2.16. The van der Waals surface area contributed by atoms with Gasteiger partial charge in [-0.05, 0) is 29.0 Å². The lowest BCUT2D eigenvalue weighted by molar-refractivity contribution is 0.259. The van der Waals surface area contributed by atoms with Crippen LogP contribution in [0.3, 0.4) is 0 Å². The molecule has 1 heterocycles. The molecule has 5 heteroatoms. The van der Waals surface area contributed by atoms with Crippen molar-refractivity contribution in [3.8, 4) is 6.07 Å². The molecular formula is C10H14BrN3S. The van der Waals surface area contributed by atoms with Crippen molar-refractivity contribution in [1.29, 1.82) is 5.26 Å². The van der Waals surface area contributed by atoms with Crippen molar-refractivity contribution in [3.63, 3.8) is 0 Å². The van der Waals surface area contributed by atoms with E-state index in [0.717, 1.165) is 11.0 Å². The Kier molecular flexibility index (Phi) is 5.26. The third kappa shape index (κ3) is 3.58. The second-order valence-corrected chi connectivity index (χ2v) is 5.17. The van der Waals surface area contributed by atoms with Gasteiger partial charge in [-0.25, -0.2) is 0 Å². The fraction of sp³-hybridized carbons (Fsp3) is 0.500. The van der Waals surface area contributed by atoms with Gasteiger partial charge in [0.1, 0.15) is 0 Å². The van der Waals surface area contributed by atoms with Crippen LogP contribution < -0.4 is 5.73 Å². The summed E-state index contributed by atoms with van der Waals surface area (Å²) >= 11 is 5.12. The smallest absolute Gasteiger partial charge is 0.0635 e. The third-order valence-corrected chi connectivity index (χ3v) is 4.04. The van der Waals surface area contributed by atoms with Crippen molar-refractivity contribution in [2.45, 2.75) is 12.5 Å². The Labute approximate surface area is 103 Å². The largest absolute Gasteiger partial charge is 0.329 e. The van der Waals surface area contributed by atoms with E-state index in [1.54, 1.807) is 11.3 Å². The number of nitrogens with two attached hydrogens (primary N) is 1. The van der Waals surface area contributed by atoms with Gasteiger partial charge < -0.3 is 5.73 Å². The Balaban J connectivity index is 2.67. The standard InChI is InChI=1S/C10H14BrN3S/c1-14(4-2-3-12)9(6-13)10-5-8(11)7-15-10/h5,7,9H,2,4,6,13H2,1H3. The molecule has 0 aliphatic carbocycles. The lowest BCUT2D eigenvalue weighted by atomic mass is 10.2. The van der Waals surface area contributed by atoms with Gasteiger partial charge in [0.15, 0.2) is 0 Å². The van der Waals surface area contributed by atoms with Gasteiger partial charge in [-0.2, -0.15) is 5.26 Å². The number of hydrogen-bond acceptors (Lipinski definition) is 4. The Bertz CT molecular complexity index is 345. The van der Waals surface area contributed by atoms with E-state index in [4.69, 9.17) is 11.0 Å². The zero-order valence-electron chi connectivity index (χ0n) is 8.61. The first-order valence-electron chi connectivity index (χ1n) is 4.70. The van der Waals surface area contributed by atoms with Gasteiger partial charge in [0.25, 0.3) is 0 Å². The number of nitrogens with zero attached hydrogens (tertiary/aromatic N) is 2. The van der Waals surface area contributed by atoms with Crippen LogP contribution >= 0.6 is 27.3 Å². The van der Waals surface area contributed by atoms with Crippen LogP contribution in [0.15, 0.2) is 15.9 Å². The zero-order valence-corrected chi connectivity index (χ0v) is 11.0. The van der Waals surface area contributed by atoms with Crippen LogP contribution in [-0.4, -0.2) is 25.0 Å². The fourth-order valence-electron chi connectivity index (χ4n) is 1.40. The van der Waals surface area contributed by atoms with Crippen LogP contribution in [0, 0.1) is 11.3 Å². The molecule has 0 aliphatic rings. The van der Waals surface area contributed by atoms with Gasteiger partial charge in [-0.15, -0.1) is 11.3 Å². The van der Waals surface area contributed by atoms with Crippen molar-refractivity contribution in [1.82, 2.24) is 4.90 Å². The van der Waals surface area contributed by atoms with Gasteiger partial charge >= 0.3 is 0 Å². The number of nitriles is 1. The first-order chi connectivity index (χ1) is 7.19. The number of halogens is 1. The SMILES string of the molecule is CN(CCC#N)C(CN)c1cc(Br)cs1. The van der Waals surface area contributed by atoms with Gasteiger partial charge in [0.2, 0.25) is 0 Å². The minimum absolute atomic E-state index is 0.217. The Morgan fingerprint density at radius 1 is 1.73 bits per heavy atom. The summed E-state index contributed by atoms with van der Waals surface area (Å²) in [6, 6.07) is 4.45. The van der Waals surface area contributed by atoms with Crippen molar-refractivity contribution in [2.24, 2.45) is 5.73 Å². The molecule has 0 saturated carbocycles. The number of likely N-dealkylation sites (N-methyl/N-ethyl adjacent to an activating group) is 1. The van der Waals surface area contributed by atoms with Gasteiger partial charge in [0.05, 0.1) is 12.1 Å². The maximum atomic E-state index is 8.53. The minimum atomic E-state index is 0.217. The minimum Gasteiger partial charge on any atom is -0.329 e. The molecule has 1 unspecified atom stereocenters. The van der Waals surface area contributed by atoms with E-state index in [9.17, 15) is 0 Å². The van der Waals surface area contributed by atoms with E-state index in [1.807, 2.05) is 7.05 Å². The van der Waals surface area contributed by atoms with Crippen LogP contribution in [0.25, 0.3) is 0 Å². The van der Waals surface area contributed by atoms with Crippen molar-refractivity contribution in [2.75, 3.05) is 20.1 Å². The Morgan fingerprint density at radius 3 is 2.93 bits per heavy atom. The molecule has 0 fully saturated rings. The first kappa shape index (κ1) is 12.7. The summed E-state index contributed by atoms with van der Waals surface area (Å²) in [7, 11) is 2.00. The number of thiophene rings is 1. The molecule has 1 rings (SSSR count). The molecule has 0 saturated heterocycles. The highest BCUT2D eigenvalue weighted by atomic mass is 79.9. The molecule has 3 nitrogen and oxygen atoms in total. The summed E-state index contributed by atoms with van der Waals surface area (Å²) in [6.07, 6.45) is 0.541. The highest BCUT2D eigenvalue weighted by molar-refractivity contribution is 9.10. The second-order valence-electron chi connectivity index (χ2n) is 3.31. The molecule has 0 bridgehead atoms. The van der Waals surface area contributed by atoms with E-state index >= 15 is 0 Å². The van der Waals surface area contributed by atoms with Crippen LogP contribution in [0.1, 0.15) is 17.3 Å². The van der Waals surface area contributed by atoms with E-state index in [2.05, 4.69) is 38.3 Å². The first-order valence-corrected chi connectivity index (χ1v) is 6.37. The molecule has 1 aromatic rings. The summed E-state index contributed by atoms with van der Waals surface area (Å²) in [4.78, 5) is 3.37. The van der Waals surface area contributed by atoms with Crippen LogP contribution in [0.4, 0.5) is 0 Å². The molecule has 0 amide bonds. The van der Waals surface area contributed by atoms with Crippen LogP contribution in [-0.2, 0) is 0 Å². The van der Waals surface area contributed by atoms with Crippen molar-refractivity contribution >= 4 is 27.3 Å². The second kappa shape index (κ2) is 6.23. The normalized spacial score (nSPS) is 12.7. The van der Waals surface area contributed by atoms with Gasteiger partial charge in [0, 0.05) is 34.2 Å². The summed E-state index contributed by atoms with van der Waals surface area (Å²) in [6.45, 7) is 1.34. The zero-order chi connectivity index (χ0) is 11.3. The summed E-state index contributed by atoms with van der Waals surface area (Å²) in [5, 5.41) is 10.6. The summed E-state index contributed by atoms with van der Waals surface area (Å²) < 4.78 is 1.09. The van der Waals surface area contributed by atoms with Crippen molar-refractivity contribution < 1.29 is 0 Å². The number of hydrogen-bond donors (Lipinski definition) is 1. The monoisotopic (exact) mass is 287 g/mol.